The molecule has 146 valence electrons. The SMILES string of the molecule is CC(=O)Oc1cccc(C(=O)NCc2cccc(NC(=O)C3CCCO3)c2)c1. The molecule has 1 heterocycles. The van der Waals surface area contributed by atoms with Crippen molar-refractivity contribution in [3.63, 3.8) is 0 Å². The van der Waals surface area contributed by atoms with E-state index in [-0.39, 0.29) is 11.8 Å². The van der Waals surface area contributed by atoms with E-state index in [9.17, 15) is 14.4 Å². The first-order chi connectivity index (χ1) is 13.5. The molecule has 7 nitrogen and oxygen atoms in total. The highest BCUT2D eigenvalue weighted by Gasteiger charge is 2.23. The van der Waals surface area contributed by atoms with Gasteiger partial charge in [0.25, 0.3) is 11.8 Å². The van der Waals surface area contributed by atoms with Crippen LogP contribution in [0.4, 0.5) is 5.69 Å². The van der Waals surface area contributed by atoms with Crippen LogP contribution in [0.2, 0.25) is 0 Å². The summed E-state index contributed by atoms with van der Waals surface area (Å²) in [6, 6.07) is 13.7. The van der Waals surface area contributed by atoms with Gasteiger partial charge >= 0.3 is 5.97 Å². The second kappa shape index (κ2) is 9.14. The molecule has 2 aromatic rings. The molecule has 1 aliphatic heterocycles. The summed E-state index contributed by atoms with van der Waals surface area (Å²) >= 11 is 0. The lowest BCUT2D eigenvalue weighted by Crippen LogP contribution is -2.27. The van der Waals surface area contributed by atoms with Gasteiger partial charge in [-0.05, 0) is 48.7 Å². The molecule has 1 aliphatic rings. The van der Waals surface area contributed by atoms with Crippen LogP contribution in [0.3, 0.4) is 0 Å². The van der Waals surface area contributed by atoms with Crippen LogP contribution in [0.5, 0.6) is 5.75 Å². The molecule has 28 heavy (non-hydrogen) atoms. The second-order valence-corrected chi connectivity index (χ2v) is 6.50. The fraction of sp³-hybridized carbons (Fsp3) is 0.286. The highest BCUT2D eigenvalue weighted by Crippen LogP contribution is 2.17. The number of amides is 2. The highest BCUT2D eigenvalue weighted by molar-refractivity contribution is 5.95. The summed E-state index contributed by atoms with van der Waals surface area (Å²) in [4.78, 5) is 35.5. The molecule has 1 atom stereocenters. The van der Waals surface area contributed by atoms with Crippen LogP contribution in [0.25, 0.3) is 0 Å². The number of anilines is 1. The minimum Gasteiger partial charge on any atom is -0.427 e. The second-order valence-electron chi connectivity index (χ2n) is 6.50. The van der Waals surface area contributed by atoms with Crippen molar-refractivity contribution in [3.8, 4) is 5.75 Å². The van der Waals surface area contributed by atoms with Gasteiger partial charge in [0, 0.05) is 31.3 Å². The molecule has 2 N–H and O–H groups in total. The third-order valence-electron chi connectivity index (χ3n) is 4.23. The van der Waals surface area contributed by atoms with Crippen molar-refractivity contribution in [3.05, 3.63) is 59.7 Å². The smallest absolute Gasteiger partial charge is 0.308 e. The Morgan fingerprint density at radius 3 is 2.71 bits per heavy atom. The molecule has 1 fully saturated rings. The predicted molar refractivity (Wildman–Crippen MR) is 103 cm³/mol. The van der Waals surface area contributed by atoms with E-state index >= 15 is 0 Å². The van der Waals surface area contributed by atoms with Crippen molar-refractivity contribution >= 4 is 23.5 Å². The summed E-state index contributed by atoms with van der Waals surface area (Å²) in [5.74, 6) is -0.567. The molecule has 0 radical (unpaired) electrons. The van der Waals surface area contributed by atoms with Crippen LogP contribution in [0.1, 0.15) is 35.7 Å². The first kappa shape index (κ1) is 19.6. The Balaban J connectivity index is 1.57. The van der Waals surface area contributed by atoms with E-state index in [0.717, 1.165) is 18.4 Å². The van der Waals surface area contributed by atoms with Crippen molar-refractivity contribution in [1.82, 2.24) is 5.32 Å². The fourth-order valence-corrected chi connectivity index (χ4v) is 2.92. The Hall–Kier alpha value is -3.19. The number of nitrogens with one attached hydrogen (secondary N) is 2. The first-order valence-electron chi connectivity index (χ1n) is 9.09. The summed E-state index contributed by atoms with van der Waals surface area (Å²) in [7, 11) is 0. The fourth-order valence-electron chi connectivity index (χ4n) is 2.92. The van der Waals surface area contributed by atoms with Crippen LogP contribution >= 0.6 is 0 Å². The lowest BCUT2D eigenvalue weighted by molar-refractivity contribution is -0.131. The van der Waals surface area contributed by atoms with Crippen LogP contribution in [0.15, 0.2) is 48.5 Å². The van der Waals surface area contributed by atoms with Gasteiger partial charge in [0.15, 0.2) is 0 Å². The highest BCUT2D eigenvalue weighted by atomic mass is 16.5. The number of esters is 1. The van der Waals surface area contributed by atoms with E-state index in [0.29, 0.717) is 30.2 Å². The third kappa shape index (κ3) is 5.40. The summed E-state index contributed by atoms with van der Waals surface area (Å²) in [5.41, 5.74) is 1.89. The zero-order valence-electron chi connectivity index (χ0n) is 15.6. The number of rotatable bonds is 6. The van der Waals surface area contributed by atoms with Crippen molar-refractivity contribution in [2.24, 2.45) is 0 Å². The maximum Gasteiger partial charge on any atom is 0.308 e. The Bertz CT molecular complexity index is 875. The molecule has 2 aromatic carbocycles. The minimum absolute atomic E-state index is 0.152. The number of hydrogen-bond donors (Lipinski definition) is 2. The molecule has 2 amide bonds. The summed E-state index contributed by atoms with van der Waals surface area (Å²) < 4.78 is 10.4. The molecule has 0 aromatic heterocycles. The summed E-state index contributed by atoms with van der Waals surface area (Å²) in [6.45, 7) is 2.21. The van der Waals surface area contributed by atoms with Crippen LogP contribution in [-0.2, 0) is 20.9 Å². The molecular formula is C21H22N2O5. The van der Waals surface area contributed by atoms with Gasteiger partial charge in [-0.1, -0.05) is 18.2 Å². The standard InChI is InChI=1S/C21H22N2O5/c1-14(24)28-18-8-3-6-16(12-18)20(25)22-13-15-5-2-7-17(11-15)23-21(26)19-9-4-10-27-19/h2-3,5-8,11-12,19H,4,9-10,13H2,1H3,(H,22,25)(H,23,26). The van der Waals surface area contributed by atoms with Gasteiger partial charge in [-0.2, -0.15) is 0 Å². The van der Waals surface area contributed by atoms with Gasteiger partial charge in [-0.3, -0.25) is 14.4 Å². The minimum atomic E-state index is -0.445. The van der Waals surface area contributed by atoms with Gasteiger partial charge in [-0.25, -0.2) is 0 Å². The molecule has 0 spiro atoms. The topological polar surface area (TPSA) is 93.7 Å². The number of hydrogen-bond acceptors (Lipinski definition) is 5. The molecule has 0 saturated carbocycles. The monoisotopic (exact) mass is 382 g/mol. The average Bonchev–Trinajstić information content (AvgIpc) is 3.21. The van der Waals surface area contributed by atoms with Crippen LogP contribution < -0.4 is 15.4 Å². The maximum atomic E-state index is 12.4. The van der Waals surface area contributed by atoms with E-state index < -0.39 is 12.1 Å². The van der Waals surface area contributed by atoms with Crippen molar-refractivity contribution in [2.75, 3.05) is 11.9 Å². The Morgan fingerprint density at radius 2 is 1.96 bits per heavy atom. The van der Waals surface area contributed by atoms with Crippen molar-refractivity contribution < 1.29 is 23.9 Å². The largest absolute Gasteiger partial charge is 0.427 e. The van der Waals surface area contributed by atoms with Gasteiger partial charge in [0.1, 0.15) is 11.9 Å². The van der Waals surface area contributed by atoms with Crippen LogP contribution in [-0.4, -0.2) is 30.5 Å². The van der Waals surface area contributed by atoms with Gasteiger partial charge in [-0.15, -0.1) is 0 Å². The molecule has 0 aliphatic carbocycles. The Morgan fingerprint density at radius 1 is 1.14 bits per heavy atom. The third-order valence-corrected chi connectivity index (χ3v) is 4.23. The number of benzene rings is 2. The molecule has 1 unspecified atom stereocenters. The number of ether oxygens (including phenoxy) is 2. The molecular weight excluding hydrogens is 360 g/mol. The Kier molecular flexibility index (Phi) is 6.39. The van der Waals surface area contributed by atoms with Gasteiger partial charge < -0.3 is 20.1 Å². The van der Waals surface area contributed by atoms with E-state index in [1.54, 1.807) is 24.3 Å². The molecule has 7 heteroatoms. The first-order valence-corrected chi connectivity index (χ1v) is 9.09. The average molecular weight is 382 g/mol. The van der Waals surface area contributed by atoms with E-state index in [1.165, 1.54) is 13.0 Å². The van der Waals surface area contributed by atoms with Gasteiger partial charge in [0.2, 0.25) is 0 Å². The molecule has 0 bridgehead atoms. The van der Waals surface area contributed by atoms with Crippen LogP contribution in [0, 0.1) is 0 Å². The number of carbonyl (C=O) groups is 3. The maximum absolute atomic E-state index is 12.4. The Labute approximate surface area is 163 Å². The quantitative estimate of drug-likeness (QED) is 0.592. The predicted octanol–water partition coefficient (Wildman–Crippen LogP) is 2.66. The van der Waals surface area contributed by atoms with Gasteiger partial charge in [0.05, 0.1) is 0 Å². The van der Waals surface area contributed by atoms with Crippen molar-refractivity contribution in [1.29, 1.82) is 0 Å². The number of carbonyl (C=O) groups excluding carboxylic acids is 3. The molecule has 3 rings (SSSR count). The summed E-state index contributed by atoms with van der Waals surface area (Å²) in [6.07, 6.45) is 1.23. The van der Waals surface area contributed by atoms with E-state index in [2.05, 4.69) is 10.6 Å². The van der Waals surface area contributed by atoms with E-state index in [1.807, 2.05) is 18.2 Å². The summed E-state index contributed by atoms with van der Waals surface area (Å²) in [5, 5.41) is 5.66. The van der Waals surface area contributed by atoms with E-state index in [4.69, 9.17) is 9.47 Å². The molecule has 1 saturated heterocycles. The zero-order valence-corrected chi connectivity index (χ0v) is 15.6. The van der Waals surface area contributed by atoms with Crippen molar-refractivity contribution in [2.45, 2.75) is 32.4 Å². The lowest BCUT2D eigenvalue weighted by atomic mass is 10.1. The lowest BCUT2D eigenvalue weighted by Gasteiger charge is -2.12. The zero-order chi connectivity index (χ0) is 19.9. The normalized spacial score (nSPS) is 15.7.